The SMILES string of the molecule is COc1ccc(OC[C@@H](O)CN2CCN(CCc3ccccn3)CC2)cc1. The van der Waals surface area contributed by atoms with E-state index in [2.05, 4.69) is 20.9 Å². The van der Waals surface area contributed by atoms with Gasteiger partial charge in [0.05, 0.1) is 7.11 Å². The van der Waals surface area contributed by atoms with Gasteiger partial charge in [0.25, 0.3) is 0 Å². The van der Waals surface area contributed by atoms with Crippen LogP contribution in [0.15, 0.2) is 48.7 Å². The molecule has 3 rings (SSSR count). The Hall–Kier alpha value is -2.15. The number of rotatable bonds is 9. The van der Waals surface area contributed by atoms with Crippen LogP contribution in [0.4, 0.5) is 0 Å². The van der Waals surface area contributed by atoms with E-state index in [4.69, 9.17) is 9.47 Å². The molecule has 1 aromatic heterocycles. The number of methoxy groups -OCH3 is 1. The lowest BCUT2D eigenvalue weighted by molar-refractivity contribution is 0.0462. The molecular formula is C21H29N3O3. The van der Waals surface area contributed by atoms with Gasteiger partial charge >= 0.3 is 0 Å². The molecular weight excluding hydrogens is 342 g/mol. The van der Waals surface area contributed by atoms with Gasteiger partial charge in [-0.25, -0.2) is 0 Å². The highest BCUT2D eigenvalue weighted by molar-refractivity contribution is 5.31. The highest BCUT2D eigenvalue weighted by Gasteiger charge is 2.19. The van der Waals surface area contributed by atoms with Gasteiger partial charge in [0.1, 0.15) is 24.2 Å². The van der Waals surface area contributed by atoms with E-state index in [0.717, 1.165) is 56.3 Å². The van der Waals surface area contributed by atoms with Gasteiger partial charge in [-0.05, 0) is 36.4 Å². The van der Waals surface area contributed by atoms with Crippen LogP contribution in [0.2, 0.25) is 0 Å². The summed E-state index contributed by atoms with van der Waals surface area (Å²) in [6.45, 7) is 5.98. The Balaban J connectivity index is 1.32. The van der Waals surface area contributed by atoms with Crippen molar-refractivity contribution in [3.63, 3.8) is 0 Å². The van der Waals surface area contributed by atoms with Crippen molar-refractivity contribution in [2.75, 3.05) is 53.0 Å². The van der Waals surface area contributed by atoms with E-state index in [1.165, 1.54) is 0 Å². The van der Waals surface area contributed by atoms with Crippen molar-refractivity contribution in [3.05, 3.63) is 54.4 Å². The fraction of sp³-hybridized carbons (Fsp3) is 0.476. The van der Waals surface area contributed by atoms with E-state index in [1.807, 2.05) is 42.6 Å². The number of ether oxygens (including phenoxy) is 2. The molecule has 146 valence electrons. The Morgan fingerprint density at radius 1 is 1.00 bits per heavy atom. The first kappa shape index (κ1) is 19.6. The molecule has 1 aromatic carbocycles. The summed E-state index contributed by atoms with van der Waals surface area (Å²) in [6, 6.07) is 13.5. The largest absolute Gasteiger partial charge is 0.497 e. The van der Waals surface area contributed by atoms with Crippen LogP contribution in [0.1, 0.15) is 5.69 Å². The van der Waals surface area contributed by atoms with Gasteiger partial charge in [-0.1, -0.05) is 6.07 Å². The van der Waals surface area contributed by atoms with E-state index in [1.54, 1.807) is 7.11 Å². The van der Waals surface area contributed by atoms with Gasteiger partial charge in [0.2, 0.25) is 0 Å². The van der Waals surface area contributed by atoms with Crippen molar-refractivity contribution in [3.8, 4) is 11.5 Å². The molecule has 6 heteroatoms. The molecule has 0 unspecified atom stereocenters. The Labute approximate surface area is 161 Å². The van der Waals surface area contributed by atoms with Gasteiger partial charge < -0.3 is 19.5 Å². The topological polar surface area (TPSA) is 58.1 Å². The van der Waals surface area contributed by atoms with Crippen LogP contribution in [0.3, 0.4) is 0 Å². The minimum atomic E-state index is -0.493. The van der Waals surface area contributed by atoms with Crippen LogP contribution < -0.4 is 9.47 Å². The van der Waals surface area contributed by atoms with Crippen molar-refractivity contribution in [1.29, 1.82) is 0 Å². The summed E-state index contributed by atoms with van der Waals surface area (Å²) in [6.07, 6.45) is 2.34. The maximum absolute atomic E-state index is 10.3. The van der Waals surface area contributed by atoms with Crippen LogP contribution in [0.5, 0.6) is 11.5 Å². The molecule has 27 heavy (non-hydrogen) atoms. The summed E-state index contributed by atoms with van der Waals surface area (Å²) >= 11 is 0. The number of aromatic nitrogens is 1. The third-order valence-electron chi connectivity index (χ3n) is 4.85. The number of nitrogens with zero attached hydrogens (tertiary/aromatic N) is 3. The second-order valence-corrected chi connectivity index (χ2v) is 6.85. The molecule has 0 bridgehead atoms. The number of pyridine rings is 1. The maximum atomic E-state index is 10.3. The maximum Gasteiger partial charge on any atom is 0.119 e. The van der Waals surface area contributed by atoms with Crippen molar-refractivity contribution in [2.45, 2.75) is 12.5 Å². The second kappa shape index (κ2) is 10.3. The summed E-state index contributed by atoms with van der Waals surface area (Å²) < 4.78 is 10.8. The zero-order valence-electron chi connectivity index (χ0n) is 16.0. The molecule has 2 aromatic rings. The standard InChI is InChI=1S/C21H29N3O3/c1-26-20-5-7-21(8-6-20)27-17-19(25)16-24-14-12-23(13-15-24)11-9-18-4-2-3-10-22-18/h2-8,10,19,25H,9,11-17H2,1H3/t19-/m0/s1. The molecule has 1 aliphatic rings. The Kier molecular flexibility index (Phi) is 7.45. The molecule has 1 aliphatic heterocycles. The van der Waals surface area contributed by atoms with Gasteiger partial charge in [-0.2, -0.15) is 0 Å². The molecule has 1 fully saturated rings. The normalized spacial score (nSPS) is 16.8. The molecule has 0 spiro atoms. The van der Waals surface area contributed by atoms with E-state index >= 15 is 0 Å². The fourth-order valence-corrected chi connectivity index (χ4v) is 3.23. The zero-order valence-corrected chi connectivity index (χ0v) is 16.0. The predicted molar refractivity (Wildman–Crippen MR) is 105 cm³/mol. The average Bonchev–Trinajstić information content (AvgIpc) is 2.73. The first-order chi connectivity index (χ1) is 13.2. The van der Waals surface area contributed by atoms with E-state index < -0.39 is 6.10 Å². The molecule has 1 saturated heterocycles. The van der Waals surface area contributed by atoms with Crippen molar-refractivity contribution in [1.82, 2.24) is 14.8 Å². The van der Waals surface area contributed by atoms with Crippen LogP contribution in [-0.2, 0) is 6.42 Å². The lowest BCUT2D eigenvalue weighted by Crippen LogP contribution is -2.49. The van der Waals surface area contributed by atoms with Crippen LogP contribution in [0, 0.1) is 0 Å². The fourth-order valence-electron chi connectivity index (χ4n) is 3.23. The van der Waals surface area contributed by atoms with Crippen molar-refractivity contribution < 1.29 is 14.6 Å². The van der Waals surface area contributed by atoms with Crippen LogP contribution >= 0.6 is 0 Å². The summed E-state index contributed by atoms with van der Waals surface area (Å²) in [7, 11) is 1.64. The van der Waals surface area contributed by atoms with Gasteiger partial charge in [0, 0.05) is 57.6 Å². The van der Waals surface area contributed by atoms with Gasteiger partial charge in [0.15, 0.2) is 0 Å². The number of aliphatic hydroxyl groups is 1. The molecule has 1 atom stereocenters. The number of benzene rings is 1. The quantitative estimate of drug-likeness (QED) is 0.724. The monoisotopic (exact) mass is 371 g/mol. The molecule has 2 heterocycles. The molecule has 0 amide bonds. The van der Waals surface area contributed by atoms with Gasteiger partial charge in [-0.3, -0.25) is 9.88 Å². The van der Waals surface area contributed by atoms with Gasteiger partial charge in [-0.15, -0.1) is 0 Å². The van der Waals surface area contributed by atoms with Crippen LogP contribution in [-0.4, -0.2) is 79.0 Å². The number of aliphatic hydroxyl groups excluding tert-OH is 1. The average molecular weight is 371 g/mol. The lowest BCUT2D eigenvalue weighted by atomic mass is 10.2. The minimum absolute atomic E-state index is 0.298. The number of hydrogen-bond acceptors (Lipinski definition) is 6. The molecule has 6 nitrogen and oxygen atoms in total. The second-order valence-electron chi connectivity index (χ2n) is 6.85. The van der Waals surface area contributed by atoms with Crippen molar-refractivity contribution >= 4 is 0 Å². The predicted octanol–water partition coefficient (Wildman–Crippen LogP) is 1.69. The summed E-state index contributed by atoms with van der Waals surface area (Å²) in [5, 5.41) is 10.3. The first-order valence-corrected chi connectivity index (χ1v) is 9.52. The Morgan fingerprint density at radius 3 is 2.37 bits per heavy atom. The Bertz CT molecular complexity index is 658. The third kappa shape index (κ3) is 6.50. The van der Waals surface area contributed by atoms with Crippen LogP contribution in [0.25, 0.3) is 0 Å². The number of hydrogen-bond donors (Lipinski definition) is 1. The number of β-amino-alcohol motifs (C(OH)–C–C–N with tert-alkyl or cyclic N) is 1. The highest BCUT2D eigenvalue weighted by Crippen LogP contribution is 2.17. The zero-order chi connectivity index (χ0) is 18.9. The molecule has 1 N–H and O–H groups in total. The smallest absolute Gasteiger partial charge is 0.119 e. The summed E-state index contributed by atoms with van der Waals surface area (Å²) in [5.41, 5.74) is 1.14. The minimum Gasteiger partial charge on any atom is -0.497 e. The summed E-state index contributed by atoms with van der Waals surface area (Å²) in [4.78, 5) is 9.15. The molecule has 0 saturated carbocycles. The van der Waals surface area contributed by atoms with E-state index in [9.17, 15) is 5.11 Å². The third-order valence-corrected chi connectivity index (χ3v) is 4.85. The number of piperazine rings is 1. The highest BCUT2D eigenvalue weighted by atomic mass is 16.5. The lowest BCUT2D eigenvalue weighted by Gasteiger charge is -2.35. The molecule has 0 radical (unpaired) electrons. The van der Waals surface area contributed by atoms with E-state index in [-0.39, 0.29) is 0 Å². The summed E-state index contributed by atoms with van der Waals surface area (Å²) in [5.74, 6) is 1.54. The van der Waals surface area contributed by atoms with E-state index in [0.29, 0.717) is 13.2 Å². The van der Waals surface area contributed by atoms with Crippen molar-refractivity contribution in [2.24, 2.45) is 0 Å². The Morgan fingerprint density at radius 2 is 1.70 bits per heavy atom. The molecule has 0 aliphatic carbocycles. The first-order valence-electron chi connectivity index (χ1n) is 9.52.